The topological polar surface area (TPSA) is 35.2 Å². The molecule has 0 fully saturated rings. The second-order valence-corrected chi connectivity index (χ2v) is 3.84. The SMILES string of the molecule is CCC(C)(C)OC(CCN)C(F)(F)F. The van der Waals surface area contributed by atoms with E-state index in [9.17, 15) is 13.2 Å². The van der Waals surface area contributed by atoms with Gasteiger partial charge in [0, 0.05) is 0 Å². The number of ether oxygens (including phenoxy) is 1. The third kappa shape index (κ3) is 4.81. The molecule has 0 aliphatic rings. The van der Waals surface area contributed by atoms with Crippen LogP contribution in [-0.4, -0.2) is 24.4 Å². The van der Waals surface area contributed by atoms with Gasteiger partial charge in [-0.3, -0.25) is 0 Å². The fourth-order valence-corrected chi connectivity index (χ4v) is 0.909. The summed E-state index contributed by atoms with van der Waals surface area (Å²) < 4.78 is 42.2. The van der Waals surface area contributed by atoms with E-state index in [-0.39, 0.29) is 13.0 Å². The maximum Gasteiger partial charge on any atom is 0.414 e. The molecule has 0 aliphatic heterocycles. The van der Waals surface area contributed by atoms with E-state index in [4.69, 9.17) is 10.5 Å². The minimum atomic E-state index is -4.33. The number of hydrogen-bond acceptors (Lipinski definition) is 2. The third-order valence-electron chi connectivity index (χ3n) is 2.11. The van der Waals surface area contributed by atoms with Gasteiger partial charge in [0.25, 0.3) is 0 Å². The lowest BCUT2D eigenvalue weighted by molar-refractivity contribution is -0.249. The number of rotatable bonds is 5. The first-order valence-electron chi connectivity index (χ1n) is 4.67. The Labute approximate surface area is 82.6 Å². The Balaban J connectivity index is 4.38. The molecule has 0 spiro atoms. The lowest BCUT2D eigenvalue weighted by atomic mass is 10.1. The van der Waals surface area contributed by atoms with Gasteiger partial charge in [0.05, 0.1) is 5.60 Å². The lowest BCUT2D eigenvalue weighted by Crippen LogP contribution is -2.40. The molecule has 0 aliphatic carbocycles. The summed E-state index contributed by atoms with van der Waals surface area (Å²) in [6.07, 6.45) is -5.73. The summed E-state index contributed by atoms with van der Waals surface area (Å²) in [7, 11) is 0. The molecule has 0 aromatic rings. The summed E-state index contributed by atoms with van der Waals surface area (Å²) in [4.78, 5) is 0. The summed E-state index contributed by atoms with van der Waals surface area (Å²) in [5, 5.41) is 0. The lowest BCUT2D eigenvalue weighted by Gasteiger charge is -2.31. The Bertz CT molecular complexity index is 165. The molecule has 86 valence electrons. The van der Waals surface area contributed by atoms with E-state index in [0.717, 1.165) is 0 Å². The number of hydrogen-bond donors (Lipinski definition) is 1. The Morgan fingerprint density at radius 3 is 2.07 bits per heavy atom. The molecule has 0 aromatic heterocycles. The number of nitrogens with two attached hydrogens (primary N) is 1. The highest BCUT2D eigenvalue weighted by atomic mass is 19.4. The van der Waals surface area contributed by atoms with Gasteiger partial charge in [-0.2, -0.15) is 13.2 Å². The van der Waals surface area contributed by atoms with Gasteiger partial charge < -0.3 is 10.5 Å². The van der Waals surface area contributed by atoms with Crippen molar-refractivity contribution in [3.8, 4) is 0 Å². The zero-order valence-corrected chi connectivity index (χ0v) is 8.82. The average Bonchev–Trinajstić information content (AvgIpc) is 2.02. The molecule has 0 saturated heterocycles. The number of alkyl halides is 3. The van der Waals surface area contributed by atoms with Gasteiger partial charge in [-0.1, -0.05) is 6.92 Å². The van der Waals surface area contributed by atoms with Gasteiger partial charge in [0.2, 0.25) is 0 Å². The van der Waals surface area contributed by atoms with Crippen LogP contribution in [0.5, 0.6) is 0 Å². The first-order valence-corrected chi connectivity index (χ1v) is 4.67. The van der Waals surface area contributed by atoms with Crippen molar-refractivity contribution in [3.05, 3.63) is 0 Å². The van der Waals surface area contributed by atoms with E-state index in [1.54, 1.807) is 20.8 Å². The standard InChI is InChI=1S/C9H18F3NO/c1-4-8(2,3)14-7(5-6-13)9(10,11)12/h7H,4-6,13H2,1-3H3. The van der Waals surface area contributed by atoms with Crippen LogP contribution in [0, 0.1) is 0 Å². The molecule has 0 aromatic carbocycles. The molecule has 5 heteroatoms. The molecule has 0 bridgehead atoms. The van der Waals surface area contributed by atoms with Crippen molar-refractivity contribution in [2.24, 2.45) is 5.73 Å². The van der Waals surface area contributed by atoms with Crippen LogP contribution in [0.4, 0.5) is 13.2 Å². The highest BCUT2D eigenvalue weighted by Gasteiger charge is 2.42. The zero-order chi connectivity index (χ0) is 11.4. The first kappa shape index (κ1) is 13.7. The fourth-order valence-electron chi connectivity index (χ4n) is 0.909. The van der Waals surface area contributed by atoms with Crippen LogP contribution in [0.2, 0.25) is 0 Å². The van der Waals surface area contributed by atoms with E-state index in [1.807, 2.05) is 0 Å². The van der Waals surface area contributed by atoms with E-state index in [1.165, 1.54) is 0 Å². The van der Waals surface area contributed by atoms with Gasteiger partial charge in [0.15, 0.2) is 6.10 Å². The van der Waals surface area contributed by atoms with Gasteiger partial charge in [-0.15, -0.1) is 0 Å². The van der Waals surface area contributed by atoms with E-state index >= 15 is 0 Å². The summed E-state index contributed by atoms with van der Waals surface area (Å²) in [5.74, 6) is 0. The minimum absolute atomic E-state index is 0.0238. The molecule has 0 saturated carbocycles. The summed E-state index contributed by atoms with van der Waals surface area (Å²) in [5.41, 5.74) is 4.35. The van der Waals surface area contributed by atoms with Crippen LogP contribution in [0.25, 0.3) is 0 Å². The molecular formula is C9H18F3NO. The maximum atomic E-state index is 12.4. The van der Waals surface area contributed by atoms with Crippen LogP contribution in [0.1, 0.15) is 33.6 Å². The smallest absolute Gasteiger partial charge is 0.363 e. The maximum absolute atomic E-state index is 12.4. The van der Waals surface area contributed by atoms with E-state index in [2.05, 4.69) is 0 Å². The highest BCUT2D eigenvalue weighted by Crippen LogP contribution is 2.29. The predicted molar refractivity (Wildman–Crippen MR) is 49.0 cm³/mol. The normalized spacial score (nSPS) is 15.6. The van der Waals surface area contributed by atoms with Crippen molar-refractivity contribution in [1.82, 2.24) is 0 Å². The quantitative estimate of drug-likeness (QED) is 0.761. The summed E-state index contributed by atoms with van der Waals surface area (Å²) >= 11 is 0. The molecule has 1 unspecified atom stereocenters. The van der Waals surface area contributed by atoms with Crippen molar-refractivity contribution in [1.29, 1.82) is 0 Å². The zero-order valence-electron chi connectivity index (χ0n) is 8.82. The van der Waals surface area contributed by atoms with E-state index < -0.39 is 17.9 Å². The van der Waals surface area contributed by atoms with Crippen molar-refractivity contribution in [2.45, 2.75) is 51.5 Å². The second-order valence-electron chi connectivity index (χ2n) is 3.84. The van der Waals surface area contributed by atoms with Crippen molar-refractivity contribution >= 4 is 0 Å². The Hall–Kier alpha value is -0.290. The predicted octanol–water partition coefficient (Wildman–Crippen LogP) is 2.47. The van der Waals surface area contributed by atoms with Crippen molar-refractivity contribution < 1.29 is 17.9 Å². The first-order chi connectivity index (χ1) is 6.23. The van der Waals surface area contributed by atoms with Crippen LogP contribution in [0.3, 0.4) is 0 Å². The second kappa shape index (κ2) is 4.98. The molecule has 14 heavy (non-hydrogen) atoms. The van der Waals surface area contributed by atoms with Gasteiger partial charge >= 0.3 is 6.18 Å². The Morgan fingerprint density at radius 1 is 1.29 bits per heavy atom. The van der Waals surface area contributed by atoms with Crippen LogP contribution in [0.15, 0.2) is 0 Å². The average molecular weight is 213 g/mol. The van der Waals surface area contributed by atoms with Crippen molar-refractivity contribution in [3.63, 3.8) is 0 Å². The molecule has 0 rings (SSSR count). The summed E-state index contributed by atoms with van der Waals surface area (Å²) in [6.45, 7) is 5.05. The minimum Gasteiger partial charge on any atom is -0.363 e. The molecule has 2 N–H and O–H groups in total. The van der Waals surface area contributed by atoms with Gasteiger partial charge in [-0.05, 0) is 33.2 Å². The van der Waals surface area contributed by atoms with Crippen LogP contribution in [-0.2, 0) is 4.74 Å². The Kier molecular flexibility index (Phi) is 4.88. The number of halogens is 3. The molecular weight excluding hydrogens is 195 g/mol. The van der Waals surface area contributed by atoms with Gasteiger partial charge in [-0.25, -0.2) is 0 Å². The van der Waals surface area contributed by atoms with Crippen molar-refractivity contribution in [2.75, 3.05) is 6.54 Å². The van der Waals surface area contributed by atoms with Gasteiger partial charge in [0.1, 0.15) is 0 Å². The Morgan fingerprint density at radius 2 is 1.79 bits per heavy atom. The van der Waals surface area contributed by atoms with Crippen LogP contribution >= 0.6 is 0 Å². The highest BCUT2D eigenvalue weighted by molar-refractivity contribution is 4.75. The molecule has 0 radical (unpaired) electrons. The van der Waals surface area contributed by atoms with Crippen LogP contribution < -0.4 is 5.73 Å². The molecule has 1 atom stereocenters. The molecule has 0 heterocycles. The van der Waals surface area contributed by atoms with E-state index in [0.29, 0.717) is 6.42 Å². The summed E-state index contributed by atoms with van der Waals surface area (Å²) in [6, 6.07) is 0. The third-order valence-corrected chi connectivity index (χ3v) is 2.11. The molecule has 2 nitrogen and oxygen atoms in total. The largest absolute Gasteiger partial charge is 0.414 e. The molecule has 0 amide bonds. The monoisotopic (exact) mass is 213 g/mol. The fraction of sp³-hybridized carbons (Fsp3) is 1.00.